The maximum Gasteiger partial charge on any atom is 0.505 e. The van der Waals surface area contributed by atoms with E-state index >= 15 is 0 Å². The van der Waals surface area contributed by atoms with Crippen molar-refractivity contribution in [3.05, 3.63) is 72.6 Å². The van der Waals surface area contributed by atoms with Crippen LogP contribution in [-0.2, 0) is 13.3 Å². The Balaban J connectivity index is 2.36. The summed E-state index contributed by atoms with van der Waals surface area (Å²) in [6, 6.07) is 21.8. The largest absolute Gasteiger partial charge is 0.505 e. The number of hydrogen-bond acceptors (Lipinski definition) is 3. The number of allylic oxidation sites excluding steroid dienone is 1. The van der Waals surface area contributed by atoms with Crippen molar-refractivity contribution in [3.8, 4) is 0 Å². The van der Waals surface area contributed by atoms with Gasteiger partial charge in [-0.15, -0.1) is 0 Å². The fourth-order valence-corrected chi connectivity index (χ4v) is 8.49. The fraction of sp³-hybridized carbons (Fsp3) is 0.333. The van der Waals surface area contributed by atoms with Crippen molar-refractivity contribution in [3.63, 3.8) is 0 Å². The Morgan fingerprint density at radius 2 is 1.15 bits per heavy atom. The van der Waals surface area contributed by atoms with Crippen LogP contribution in [0.15, 0.2) is 72.6 Å². The highest BCUT2D eigenvalue weighted by atomic mass is 31.1. The standard InChI is InChI=1S/C21H29O3PSi/c1-5-22-26(23-6-2,24-7-3)18-19(4)25(20-14-10-8-11-15-20)21-16-12-9-13-17-21/h8-17H,4-7,18H2,1-3H3. The molecular weight excluding hydrogens is 359 g/mol. The normalized spacial score (nSPS) is 11.7. The van der Waals surface area contributed by atoms with E-state index in [1.807, 2.05) is 32.9 Å². The summed E-state index contributed by atoms with van der Waals surface area (Å²) in [7, 11) is -3.48. The zero-order valence-electron chi connectivity index (χ0n) is 16.0. The van der Waals surface area contributed by atoms with Crippen LogP contribution in [0.3, 0.4) is 0 Å². The second kappa shape index (κ2) is 10.8. The lowest BCUT2D eigenvalue weighted by atomic mass is 10.4. The zero-order chi connectivity index (χ0) is 18.8. The summed E-state index contributed by atoms with van der Waals surface area (Å²) in [4.78, 5) is 0. The molecule has 0 radical (unpaired) electrons. The first-order valence-electron chi connectivity index (χ1n) is 9.15. The molecule has 140 valence electrons. The maximum atomic E-state index is 6.05. The van der Waals surface area contributed by atoms with E-state index in [0.29, 0.717) is 25.9 Å². The van der Waals surface area contributed by atoms with Crippen molar-refractivity contribution in [1.29, 1.82) is 0 Å². The molecule has 5 heteroatoms. The Bertz CT molecular complexity index is 607. The van der Waals surface area contributed by atoms with Gasteiger partial charge in [0.1, 0.15) is 0 Å². The smallest absolute Gasteiger partial charge is 0.374 e. The van der Waals surface area contributed by atoms with Gasteiger partial charge in [0, 0.05) is 25.9 Å². The third kappa shape index (κ3) is 5.60. The molecule has 26 heavy (non-hydrogen) atoms. The zero-order valence-corrected chi connectivity index (χ0v) is 17.9. The number of rotatable bonds is 11. The summed E-state index contributed by atoms with van der Waals surface area (Å²) < 4.78 is 18.1. The molecular formula is C21H29O3PSi. The van der Waals surface area contributed by atoms with Crippen LogP contribution in [0.4, 0.5) is 0 Å². The molecule has 3 nitrogen and oxygen atoms in total. The molecule has 0 saturated carbocycles. The molecule has 2 rings (SSSR count). The molecule has 0 aliphatic heterocycles. The van der Waals surface area contributed by atoms with E-state index in [1.165, 1.54) is 10.6 Å². The summed E-state index contributed by atoms with van der Waals surface area (Å²) in [6.07, 6.45) is 0. The Morgan fingerprint density at radius 1 is 0.769 bits per heavy atom. The van der Waals surface area contributed by atoms with Crippen molar-refractivity contribution < 1.29 is 13.3 Å². The molecule has 0 N–H and O–H groups in total. The number of benzene rings is 2. The topological polar surface area (TPSA) is 27.7 Å². The highest BCUT2D eigenvalue weighted by Gasteiger charge is 2.42. The minimum absolute atomic E-state index is 0.577. The summed E-state index contributed by atoms with van der Waals surface area (Å²) in [6.45, 7) is 12.2. The van der Waals surface area contributed by atoms with E-state index in [4.69, 9.17) is 13.3 Å². The Morgan fingerprint density at radius 3 is 1.50 bits per heavy atom. The molecule has 0 aromatic heterocycles. The van der Waals surface area contributed by atoms with Gasteiger partial charge in [0.2, 0.25) is 0 Å². The van der Waals surface area contributed by atoms with E-state index in [0.717, 1.165) is 5.31 Å². The summed E-state index contributed by atoms with van der Waals surface area (Å²) in [5, 5.41) is 3.69. The van der Waals surface area contributed by atoms with E-state index in [9.17, 15) is 0 Å². The quantitative estimate of drug-likeness (QED) is 0.413. The molecule has 0 bridgehead atoms. The van der Waals surface area contributed by atoms with E-state index in [-0.39, 0.29) is 0 Å². The Hall–Kier alpha value is -1.29. The van der Waals surface area contributed by atoms with Crippen LogP contribution in [0.25, 0.3) is 0 Å². The second-order valence-corrected chi connectivity index (χ2v) is 10.7. The lowest BCUT2D eigenvalue weighted by Gasteiger charge is -2.31. The Kier molecular flexibility index (Phi) is 8.69. The van der Waals surface area contributed by atoms with Crippen LogP contribution in [0, 0.1) is 0 Å². The van der Waals surface area contributed by atoms with Crippen LogP contribution < -0.4 is 10.6 Å². The van der Waals surface area contributed by atoms with Crippen molar-refractivity contribution in [1.82, 2.24) is 0 Å². The molecule has 0 heterocycles. The Labute approximate surface area is 160 Å². The lowest BCUT2D eigenvalue weighted by Crippen LogP contribution is -2.46. The molecule has 2 aromatic rings. The monoisotopic (exact) mass is 388 g/mol. The number of hydrogen-bond donors (Lipinski definition) is 0. The fourth-order valence-electron chi connectivity index (χ4n) is 2.94. The van der Waals surface area contributed by atoms with Crippen LogP contribution in [0.2, 0.25) is 6.04 Å². The first-order valence-corrected chi connectivity index (χ1v) is 12.4. The summed E-state index contributed by atoms with van der Waals surface area (Å²) in [5.41, 5.74) is 0. The predicted octanol–water partition coefficient (Wildman–Crippen LogP) is 4.68. The van der Waals surface area contributed by atoms with Crippen molar-refractivity contribution in [2.75, 3.05) is 19.8 Å². The van der Waals surface area contributed by atoms with Crippen LogP contribution >= 0.6 is 7.92 Å². The van der Waals surface area contributed by atoms with Gasteiger partial charge in [-0.3, -0.25) is 0 Å². The maximum absolute atomic E-state index is 6.05. The first kappa shape index (κ1) is 21.0. The van der Waals surface area contributed by atoms with E-state index in [1.54, 1.807) is 0 Å². The van der Waals surface area contributed by atoms with Crippen LogP contribution in [0.5, 0.6) is 0 Å². The summed E-state index contributed by atoms with van der Waals surface area (Å²) in [5.74, 6) is 0. The molecule has 0 spiro atoms. The van der Waals surface area contributed by atoms with E-state index in [2.05, 4.69) is 55.1 Å². The van der Waals surface area contributed by atoms with Crippen molar-refractivity contribution >= 4 is 27.3 Å². The van der Waals surface area contributed by atoms with Gasteiger partial charge in [0.05, 0.1) is 0 Å². The van der Waals surface area contributed by atoms with Gasteiger partial charge in [-0.05, 0) is 44.6 Å². The van der Waals surface area contributed by atoms with Gasteiger partial charge in [-0.1, -0.05) is 67.2 Å². The van der Waals surface area contributed by atoms with Gasteiger partial charge < -0.3 is 13.3 Å². The van der Waals surface area contributed by atoms with Gasteiger partial charge in [-0.25, -0.2) is 0 Å². The van der Waals surface area contributed by atoms with Crippen molar-refractivity contribution in [2.24, 2.45) is 0 Å². The average Bonchev–Trinajstić information content (AvgIpc) is 2.64. The highest BCUT2D eigenvalue weighted by Crippen LogP contribution is 2.46. The molecule has 0 saturated heterocycles. The predicted molar refractivity (Wildman–Crippen MR) is 114 cm³/mol. The van der Waals surface area contributed by atoms with Gasteiger partial charge in [-0.2, -0.15) is 0 Å². The molecule has 0 unspecified atom stereocenters. The van der Waals surface area contributed by atoms with Gasteiger partial charge >= 0.3 is 8.80 Å². The minimum Gasteiger partial charge on any atom is -0.374 e. The molecule has 0 aliphatic carbocycles. The molecule has 0 aliphatic rings. The molecule has 0 amide bonds. The van der Waals surface area contributed by atoms with Crippen LogP contribution in [0.1, 0.15) is 20.8 Å². The van der Waals surface area contributed by atoms with Crippen LogP contribution in [-0.4, -0.2) is 28.6 Å². The average molecular weight is 389 g/mol. The SMILES string of the molecule is C=C(C[Si](OCC)(OCC)OCC)P(c1ccccc1)c1ccccc1. The molecule has 0 fully saturated rings. The third-order valence-corrected chi connectivity index (χ3v) is 9.62. The highest BCUT2D eigenvalue weighted by molar-refractivity contribution is 7.76. The van der Waals surface area contributed by atoms with E-state index < -0.39 is 16.7 Å². The van der Waals surface area contributed by atoms with Gasteiger partial charge in [0.25, 0.3) is 0 Å². The molecule has 2 aromatic carbocycles. The van der Waals surface area contributed by atoms with Crippen molar-refractivity contribution in [2.45, 2.75) is 26.8 Å². The summed E-state index contributed by atoms with van der Waals surface area (Å²) >= 11 is 0. The third-order valence-electron chi connectivity index (χ3n) is 3.86. The van der Waals surface area contributed by atoms with Gasteiger partial charge in [0.15, 0.2) is 0 Å². The molecule has 0 atom stereocenters. The minimum atomic E-state index is -2.77. The lowest BCUT2D eigenvalue weighted by molar-refractivity contribution is 0.0740. The first-order chi connectivity index (χ1) is 12.7. The second-order valence-electron chi connectivity index (χ2n) is 5.73.